The highest BCUT2D eigenvalue weighted by Crippen LogP contribution is 2.51. The number of aromatic amines is 1. The Hall–Kier alpha value is -3.50. The molecule has 1 saturated heterocycles. The van der Waals surface area contributed by atoms with Gasteiger partial charge in [-0.1, -0.05) is 0 Å². The minimum Gasteiger partial charge on any atom is -0.420 e. The van der Waals surface area contributed by atoms with Crippen molar-refractivity contribution >= 4 is 34.8 Å². The minimum atomic E-state index is -3.83. The molecule has 3 heterocycles. The molecule has 2 aliphatic heterocycles. The van der Waals surface area contributed by atoms with Crippen molar-refractivity contribution in [2.45, 2.75) is 23.8 Å². The highest BCUT2D eigenvalue weighted by Gasteiger charge is 2.51. The quantitative estimate of drug-likeness (QED) is 0.457. The number of amides is 2. The van der Waals surface area contributed by atoms with Crippen LogP contribution in [-0.4, -0.2) is 47.7 Å². The van der Waals surface area contributed by atoms with E-state index in [4.69, 9.17) is 11.6 Å². The van der Waals surface area contributed by atoms with Gasteiger partial charge in [-0.25, -0.2) is 0 Å². The first kappa shape index (κ1) is 23.3. The summed E-state index contributed by atoms with van der Waals surface area (Å²) in [5, 5.41) is 13.1. The lowest BCUT2D eigenvalue weighted by molar-refractivity contribution is -0.123. The van der Waals surface area contributed by atoms with Crippen molar-refractivity contribution in [3.63, 3.8) is 0 Å². The fraction of sp³-hybridized carbons (Fsp3) is 0.292. The van der Waals surface area contributed by atoms with Crippen molar-refractivity contribution in [1.29, 1.82) is 0 Å². The predicted octanol–water partition coefficient (Wildman–Crippen LogP) is 4.09. The molecule has 0 aliphatic carbocycles. The number of carbonyl (C=O) groups excluding carboxylic acids is 2. The Bertz CT molecular complexity index is 1270. The first-order chi connectivity index (χ1) is 16.7. The van der Waals surface area contributed by atoms with Crippen LogP contribution in [0.3, 0.4) is 0 Å². The van der Waals surface area contributed by atoms with E-state index in [1.54, 1.807) is 36.3 Å². The highest BCUT2D eigenvalue weighted by atomic mass is 35.5. The van der Waals surface area contributed by atoms with Gasteiger partial charge in [0.15, 0.2) is 0 Å². The van der Waals surface area contributed by atoms with Gasteiger partial charge in [-0.3, -0.25) is 14.7 Å². The number of anilines is 2. The maximum Gasteiger partial charge on any atom is 0.487 e. The number of rotatable bonds is 5. The predicted molar refractivity (Wildman–Crippen MR) is 127 cm³/mol. The topological polar surface area (TPSA) is 99.4 Å². The summed E-state index contributed by atoms with van der Waals surface area (Å²) in [6, 6.07) is 10.7. The smallest absolute Gasteiger partial charge is 0.420 e. The number of nitrogens with one attached hydrogen (secondary N) is 3. The van der Waals surface area contributed by atoms with E-state index >= 15 is 0 Å². The molecule has 2 amide bonds. The lowest BCUT2D eigenvalue weighted by Gasteiger charge is -2.33. The Morgan fingerprint density at radius 1 is 1.20 bits per heavy atom. The molecule has 2 aliphatic rings. The molecule has 1 fully saturated rings. The van der Waals surface area contributed by atoms with Gasteiger partial charge in [0.05, 0.1) is 11.1 Å². The van der Waals surface area contributed by atoms with Gasteiger partial charge in [-0.15, -0.1) is 8.78 Å². The summed E-state index contributed by atoms with van der Waals surface area (Å²) in [6.07, 6.45) is 2.94. The molecule has 11 heteroatoms. The number of piperidine rings is 1. The molecule has 3 aromatic rings. The van der Waals surface area contributed by atoms with E-state index in [0.29, 0.717) is 35.5 Å². The molecular formula is C24H22ClF2N5O3. The van der Waals surface area contributed by atoms with E-state index in [9.17, 15) is 18.4 Å². The number of hydrogen-bond donors (Lipinski definition) is 3. The fourth-order valence-electron chi connectivity index (χ4n) is 4.94. The molecule has 35 heavy (non-hydrogen) atoms. The molecule has 2 aromatic carbocycles. The number of fused-ring (bicyclic) bond motifs is 2. The van der Waals surface area contributed by atoms with Crippen LogP contribution < -0.4 is 20.3 Å². The van der Waals surface area contributed by atoms with Gasteiger partial charge in [0.25, 0.3) is 5.91 Å². The number of likely N-dealkylation sites (N-methyl/N-ethyl adjacent to an activating group) is 1. The van der Waals surface area contributed by atoms with E-state index in [0.717, 1.165) is 24.2 Å². The first-order valence-corrected chi connectivity index (χ1v) is 11.4. The normalized spacial score (nSPS) is 16.9. The SMILES string of the molecule is CN1C(=O)C2(CCNCC2)c2c(-c3ccn[nH]3)cc(C(=O)Nc3ccc(OC(F)(F)Cl)cc3)cc21. The van der Waals surface area contributed by atoms with Crippen LogP contribution in [0.2, 0.25) is 0 Å². The molecule has 1 spiro atoms. The second-order valence-corrected chi connectivity index (χ2v) is 9.05. The molecule has 0 unspecified atom stereocenters. The number of halogens is 3. The number of hydrogen-bond acceptors (Lipinski definition) is 5. The van der Waals surface area contributed by atoms with E-state index < -0.39 is 16.9 Å². The van der Waals surface area contributed by atoms with Gasteiger partial charge in [0.2, 0.25) is 5.91 Å². The Kier molecular flexibility index (Phi) is 5.72. The molecular weight excluding hydrogens is 480 g/mol. The number of alkyl halides is 3. The lowest BCUT2D eigenvalue weighted by Crippen LogP contribution is -2.46. The van der Waals surface area contributed by atoms with Gasteiger partial charge in [-0.2, -0.15) is 5.10 Å². The van der Waals surface area contributed by atoms with Gasteiger partial charge >= 0.3 is 5.57 Å². The molecule has 3 N–H and O–H groups in total. The number of benzene rings is 2. The first-order valence-electron chi connectivity index (χ1n) is 11.0. The number of nitrogens with zero attached hydrogens (tertiary/aromatic N) is 2. The van der Waals surface area contributed by atoms with Gasteiger partial charge in [0, 0.05) is 52.9 Å². The number of H-pyrrole nitrogens is 1. The highest BCUT2D eigenvalue weighted by molar-refractivity contribution is 6.20. The molecule has 0 bridgehead atoms. The molecule has 0 radical (unpaired) electrons. The molecule has 0 saturated carbocycles. The lowest BCUT2D eigenvalue weighted by atomic mass is 9.72. The van der Waals surface area contributed by atoms with Crippen LogP contribution >= 0.6 is 11.6 Å². The summed E-state index contributed by atoms with van der Waals surface area (Å²) in [5.74, 6) is -0.550. The van der Waals surface area contributed by atoms with E-state index in [2.05, 4.69) is 25.6 Å². The monoisotopic (exact) mass is 501 g/mol. The zero-order chi connectivity index (χ0) is 24.8. The number of carbonyl (C=O) groups is 2. The molecule has 5 rings (SSSR count). The third-order valence-corrected chi connectivity index (χ3v) is 6.60. The summed E-state index contributed by atoms with van der Waals surface area (Å²) in [6.45, 7) is 1.44. The molecule has 182 valence electrons. The summed E-state index contributed by atoms with van der Waals surface area (Å²) in [4.78, 5) is 28.3. The van der Waals surface area contributed by atoms with Crippen LogP contribution in [0.4, 0.5) is 20.2 Å². The van der Waals surface area contributed by atoms with Crippen LogP contribution in [0.25, 0.3) is 11.3 Å². The van der Waals surface area contributed by atoms with Gasteiger partial charge in [0.1, 0.15) is 5.75 Å². The van der Waals surface area contributed by atoms with Crippen LogP contribution in [-0.2, 0) is 10.2 Å². The maximum absolute atomic E-state index is 13.5. The van der Waals surface area contributed by atoms with Crippen LogP contribution in [0, 0.1) is 0 Å². The van der Waals surface area contributed by atoms with Gasteiger partial charge < -0.3 is 20.3 Å². The van der Waals surface area contributed by atoms with Crippen molar-refractivity contribution in [1.82, 2.24) is 15.5 Å². The summed E-state index contributed by atoms with van der Waals surface area (Å²) in [5.41, 5.74) is -0.732. The Morgan fingerprint density at radius 2 is 1.91 bits per heavy atom. The van der Waals surface area contributed by atoms with Gasteiger partial charge in [-0.05, 0) is 68.4 Å². The van der Waals surface area contributed by atoms with Crippen molar-refractivity contribution in [2.24, 2.45) is 0 Å². The third-order valence-electron chi connectivity index (χ3n) is 6.53. The van der Waals surface area contributed by atoms with E-state index in [1.165, 1.54) is 24.3 Å². The van der Waals surface area contributed by atoms with Crippen LogP contribution in [0.15, 0.2) is 48.7 Å². The Morgan fingerprint density at radius 3 is 2.54 bits per heavy atom. The van der Waals surface area contributed by atoms with Crippen LogP contribution in [0.1, 0.15) is 28.8 Å². The average molecular weight is 502 g/mol. The maximum atomic E-state index is 13.5. The van der Waals surface area contributed by atoms with E-state index in [-0.39, 0.29) is 11.7 Å². The zero-order valence-corrected chi connectivity index (χ0v) is 19.5. The van der Waals surface area contributed by atoms with Crippen molar-refractivity contribution in [2.75, 3.05) is 30.4 Å². The molecule has 8 nitrogen and oxygen atoms in total. The molecule has 0 atom stereocenters. The Balaban J connectivity index is 1.51. The fourth-order valence-corrected chi connectivity index (χ4v) is 5.03. The summed E-state index contributed by atoms with van der Waals surface area (Å²) < 4.78 is 30.0. The zero-order valence-electron chi connectivity index (χ0n) is 18.7. The standard InChI is InChI=1S/C24H22ClF2N5O3/c1-32-19-13-14(21(33)30-15-2-4-16(5-3-15)35-24(25,26)27)12-17(18-6-9-29-31-18)20(19)23(22(32)34)7-10-28-11-8-23/h2-6,9,12-13,28H,7-8,10-11H2,1H3,(H,29,31)(H,30,33). The third kappa shape index (κ3) is 4.23. The largest absolute Gasteiger partial charge is 0.487 e. The second-order valence-electron chi connectivity index (χ2n) is 8.61. The summed E-state index contributed by atoms with van der Waals surface area (Å²) >= 11 is 4.79. The van der Waals surface area contributed by atoms with Crippen LogP contribution in [0.5, 0.6) is 5.75 Å². The average Bonchev–Trinajstić information content (AvgIpc) is 3.43. The van der Waals surface area contributed by atoms with Crippen molar-refractivity contribution in [3.05, 3.63) is 59.8 Å². The van der Waals surface area contributed by atoms with E-state index in [1.807, 2.05) is 0 Å². The molecule has 1 aromatic heterocycles. The second kappa shape index (κ2) is 8.62. The van der Waals surface area contributed by atoms with Crippen molar-refractivity contribution in [3.8, 4) is 17.0 Å². The van der Waals surface area contributed by atoms with Crippen molar-refractivity contribution < 1.29 is 23.1 Å². The minimum absolute atomic E-state index is 0.0130. The number of ether oxygens (including phenoxy) is 1. The summed E-state index contributed by atoms with van der Waals surface area (Å²) in [7, 11) is 1.72. The number of aromatic nitrogens is 2. The Labute approximate surface area is 204 Å².